The van der Waals surface area contributed by atoms with Crippen LogP contribution in [-0.4, -0.2) is 16.2 Å². The molecule has 0 saturated heterocycles. The molecule has 0 atom stereocenters. The van der Waals surface area contributed by atoms with Crippen molar-refractivity contribution in [1.82, 2.24) is 15.5 Å². The van der Waals surface area contributed by atoms with Gasteiger partial charge in [-0.3, -0.25) is 0 Å². The van der Waals surface area contributed by atoms with Crippen molar-refractivity contribution in [2.24, 2.45) is 0 Å². The minimum absolute atomic E-state index is 0.340. The first-order chi connectivity index (χ1) is 10.3. The summed E-state index contributed by atoms with van der Waals surface area (Å²) < 4.78 is 10.8. The van der Waals surface area contributed by atoms with E-state index in [2.05, 4.69) is 34.5 Å². The number of aryl methyl sites for hydroxylation is 1. The Labute approximate surface area is 124 Å². The van der Waals surface area contributed by atoms with Gasteiger partial charge in [0.1, 0.15) is 5.75 Å². The topological polar surface area (TPSA) is 60.2 Å². The summed E-state index contributed by atoms with van der Waals surface area (Å²) in [6, 6.07) is 8.87. The molecule has 1 aliphatic rings. The molecule has 0 unspecified atom stereocenters. The Hall–Kier alpha value is -1.88. The van der Waals surface area contributed by atoms with Crippen LogP contribution in [0, 0.1) is 0 Å². The second-order valence-electron chi connectivity index (χ2n) is 5.44. The van der Waals surface area contributed by atoms with Crippen LogP contribution in [0.5, 0.6) is 5.75 Å². The van der Waals surface area contributed by atoms with Gasteiger partial charge in [-0.2, -0.15) is 4.98 Å². The molecule has 3 rings (SSSR count). The van der Waals surface area contributed by atoms with Crippen LogP contribution in [0.1, 0.15) is 43.5 Å². The highest BCUT2D eigenvalue weighted by atomic mass is 16.5. The molecule has 0 aliphatic heterocycles. The van der Waals surface area contributed by atoms with Gasteiger partial charge in [-0.1, -0.05) is 24.2 Å². The molecule has 112 valence electrons. The molecule has 1 N–H and O–H groups in total. The average molecular weight is 287 g/mol. The average Bonchev–Trinajstić information content (AvgIpc) is 3.24. The van der Waals surface area contributed by atoms with Crippen molar-refractivity contribution in [2.45, 2.75) is 51.8 Å². The number of hydrogen-bond acceptors (Lipinski definition) is 5. The summed E-state index contributed by atoms with van der Waals surface area (Å²) in [5, 5.41) is 7.39. The Morgan fingerprint density at radius 2 is 2.10 bits per heavy atom. The number of ether oxygens (including phenoxy) is 1. The predicted octanol–water partition coefficient (Wildman–Crippen LogP) is 2.85. The summed E-state index contributed by atoms with van der Waals surface area (Å²) in [7, 11) is 0. The van der Waals surface area contributed by atoms with Gasteiger partial charge in [0.25, 0.3) is 0 Å². The molecule has 0 radical (unpaired) electrons. The molecule has 1 heterocycles. The first-order valence-corrected chi connectivity index (χ1v) is 7.60. The minimum atomic E-state index is 0.340. The zero-order valence-electron chi connectivity index (χ0n) is 12.3. The summed E-state index contributed by atoms with van der Waals surface area (Å²) in [6.07, 6.45) is 4.44. The van der Waals surface area contributed by atoms with Crippen molar-refractivity contribution in [1.29, 1.82) is 0 Å². The molecule has 1 fully saturated rings. The highest BCUT2D eigenvalue weighted by molar-refractivity contribution is 5.27. The summed E-state index contributed by atoms with van der Waals surface area (Å²) in [5.41, 5.74) is 1.28. The molecule has 5 heteroatoms. The zero-order chi connectivity index (χ0) is 14.5. The molecule has 5 nitrogen and oxygen atoms in total. The molecule has 1 saturated carbocycles. The Balaban J connectivity index is 1.47. The smallest absolute Gasteiger partial charge is 0.226 e. The summed E-state index contributed by atoms with van der Waals surface area (Å²) in [6.45, 7) is 3.35. The molecule has 0 amide bonds. The van der Waals surface area contributed by atoms with Gasteiger partial charge in [-0.25, -0.2) is 0 Å². The van der Waals surface area contributed by atoms with Crippen molar-refractivity contribution in [3.8, 4) is 5.75 Å². The summed E-state index contributed by atoms with van der Waals surface area (Å²) >= 11 is 0. The van der Waals surface area contributed by atoms with Crippen LogP contribution in [0.4, 0.5) is 0 Å². The molecule has 21 heavy (non-hydrogen) atoms. The van der Waals surface area contributed by atoms with E-state index in [0.717, 1.165) is 31.2 Å². The van der Waals surface area contributed by atoms with Gasteiger partial charge in [0.2, 0.25) is 11.7 Å². The first-order valence-electron chi connectivity index (χ1n) is 7.60. The fourth-order valence-electron chi connectivity index (χ4n) is 2.07. The third-order valence-electron chi connectivity index (χ3n) is 3.44. The van der Waals surface area contributed by atoms with Crippen LogP contribution in [-0.2, 0) is 19.6 Å². The van der Waals surface area contributed by atoms with E-state index in [1.165, 1.54) is 18.4 Å². The number of aromatic nitrogens is 2. The number of hydrogen-bond donors (Lipinski definition) is 1. The molecule has 0 spiro atoms. The quantitative estimate of drug-likeness (QED) is 0.809. The lowest BCUT2D eigenvalue weighted by Crippen LogP contribution is -2.15. The first kappa shape index (κ1) is 14.1. The number of rotatable bonds is 8. The summed E-state index contributed by atoms with van der Waals surface area (Å²) in [5.74, 6) is 2.10. The Morgan fingerprint density at radius 3 is 2.81 bits per heavy atom. The lowest BCUT2D eigenvalue weighted by atomic mass is 10.2. The molecule has 0 bridgehead atoms. The Morgan fingerprint density at radius 1 is 1.29 bits per heavy atom. The van der Waals surface area contributed by atoms with Crippen molar-refractivity contribution < 1.29 is 9.26 Å². The van der Waals surface area contributed by atoms with Gasteiger partial charge in [-0.05, 0) is 37.0 Å². The van der Waals surface area contributed by atoms with E-state index in [-0.39, 0.29) is 0 Å². The maximum atomic E-state index is 5.67. The fraction of sp³-hybridized carbons (Fsp3) is 0.500. The van der Waals surface area contributed by atoms with Crippen LogP contribution in [0.3, 0.4) is 0 Å². The second kappa shape index (κ2) is 6.72. The van der Waals surface area contributed by atoms with E-state index in [0.29, 0.717) is 18.3 Å². The molecule has 1 aliphatic carbocycles. The monoisotopic (exact) mass is 287 g/mol. The fourth-order valence-corrected chi connectivity index (χ4v) is 2.07. The van der Waals surface area contributed by atoms with E-state index in [1.54, 1.807) is 0 Å². The Bertz CT molecular complexity index is 561. The van der Waals surface area contributed by atoms with Gasteiger partial charge in [0, 0.05) is 19.0 Å². The molecule has 1 aromatic heterocycles. The third kappa shape index (κ3) is 4.29. The highest BCUT2D eigenvalue weighted by Gasteiger charge is 2.19. The van der Waals surface area contributed by atoms with Gasteiger partial charge >= 0.3 is 0 Å². The SMILES string of the molecule is CCCc1nc(COc2ccc(CNC3CC3)cc2)no1. The van der Waals surface area contributed by atoms with Gasteiger partial charge in [0.15, 0.2) is 6.61 Å². The molecular weight excluding hydrogens is 266 g/mol. The normalized spacial score (nSPS) is 14.3. The van der Waals surface area contributed by atoms with Crippen molar-refractivity contribution >= 4 is 0 Å². The van der Waals surface area contributed by atoms with Crippen molar-refractivity contribution in [3.63, 3.8) is 0 Å². The van der Waals surface area contributed by atoms with Crippen LogP contribution in [0.25, 0.3) is 0 Å². The minimum Gasteiger partial charge on any atom is -0.485 e. The van der Waals surface area contributed by atoms with Crippen molar-refractivity contribution in [2.75, 3.05) is 0 Å². The second-order valence-corrected chi connectivity index (χ2v) is 5.44. The number of nitrogens with one attached hydrogen (secondary N) is 1. The van der Waals surface area contributed by atoms with Crippen LogP contribution in [0.2, 0.25) is 0 Å². The maximum absolute atomic E-state index is 5.67. The van der Waals surface area contributed by atoms with E-state index < -0.39 is 0 Å². The van der Waals surface area contributed by atoms with Gasteiger partial charge in [-0.15, -0.1) is 0 Å². The molecular formula is C16H21N3O2. The highest BCUT2D eigenvalue weighted by Crippen LogP contribution is 2.20. The zero-order valence-corrected chi connectivity index (χ0v) is 12.3. The van der Waals surface area contributed by atoms with E-state index in [9.17, 15) is 0 Å². The van der Waals surface area contributed by atoms with Gasteiger partial charge < -0.3 is 14.6 Å². The Kier molecular flexibility index (Phi) is 4.50. The van der Waals surface area contributed by atoms with Crippen LogP contribution in [0.15, 0.2) is 28.8 Å². The van der Waals surface area contributed by atoms with Crippen LogP contribution < -0.4 is 10.1 Å². The standard InChI is InChI=1S/C16H21N3O2/c1-2-3-16-18-15(19-21-16)11-20-14-8-4-12(5-9-14)10-17-13-6-7-13/h4-5,8-9,13,17H,2-3,6-7,10-11H2,1H3. The van der Waals surface area contributed by atoms with E-state index >= 15 is 0 Å². The number of benzene rings is 1. The number of nitrogens with zero attached hydrogens (tertiary/aromatic N) is 2. The largest absolute Gasteiger partial charge is 0.485 e. The van der Waals surface area contributed by atoms with E-state index in [4.69, 9.17) is 9.26 Å². The van der Waals surface area contributed by atoms with E-state index in [1.807, 2.05) is 12.1 Å². The van der Waals surface area contributed by atoms with Crippen molar-refractivity contribution in [3.05, 3.63) is 41.5 Å². The van der Waals surface area contributed by atoms with Gasteiger partial charge in [0.05, 0.1) is 0 Å². The lowest BCUT2D eigenvalue weighted by Gasteiger charge is -2.06. The maximum Gasteiger partial charge on any atom is 0.226 e. The lowest BCUT2D eigenvalue weighted by molar-refractivity contribution is 0.285. The third-order valence-corrected chi connectivity index (χ3v) is 3.44. The summed E-state index contributed by atoms with van der Waals surface area (Å²) in [4.78, 5) is 4.28. The van der Waals surface area contributed by atoms with Crippen LogP contribution >= 0.6 is 0 Å². The molecule has 2 aromatic rings. The predicted molar refractivity (Wildman–Crippen MR) is 78.9 cm³/mol. The molecule has 1 aromatic carbocycles.